The molecule has 5 rings (SSSR count). The monoisotopic (exact) mass is 311 g/mol. The first-order chi connectivity index (χ1) is 11.9. The van der Waals surface area contributed by atoms with Crippen LogP contribution in [-0.2, 0) is 6.42 Å². The summed E-state index contributed by atoms with van der Waals surface area (Å²) in [5.41, 5.74) is 6.00. The average Bonchev–Trinajstić information content (AvgIpc) is 3.22. The first-order valence-corrected chi connectivity index (χ1v) is 8.36. The third kappa shape index (κ3) is 2.05. The first-order valence-electron chi connectivity index (χ1n) is 8.36. The van der Waals surface area contributed by atoms with Gasteiger partial charge in [0.25, 0.3) is 0 Å². The highest BCUT2D eigenvalue weighted by atomic mass is 15.1. The van der Waals surface area contributed by atoms with Gasteiger partial charge < -0.3 is 4.57 Å². The van der Waals surface area contributed by atoms with Crippen molar-refractivity contribution in [1.29, 1.82) is 0 Å². The van der Waals surface area contributed by atoms with Gasteiger partial charge >= 0.3 is 0 Å². The Bertz CT molecular complexity index is 1000. The van der Waals surface area contributed by atoms with Gasteiger partial charge in [-0.1, -0.05) is 42.5 Å². The molecular weight excluding hydrogens is 294 g/mol. The second-order valence-electron chi connectivity index (χ2n) is 6.31. The van der Waals surface area contributed by atoms with Crippen LogP contribution < -0.4 is 0 Å². The lowest BCUT2D eigenvalue weighted by Crippen LogP contribution is -2.05. The standard InChI is InChI=1S/C21H17N3/c1-2-5-15(6-3-1)19-10-11-21-23-18-9-8-16(13-20(18)24(19)21)17-7-4-12-22-14-17/h1-9,12-14,19H,10-11H2. The number of hydrogen-bond acceptors (Lipinski definition) is 2. The van der Waals surface area contributed by atoms with Crippen molar-refractivity contribution in [3.05, 3.63) is 84.4 Å². The Morgan fingerprint density at radius 2 is 1.83 bits per heavy atom. The summed E-state index contributed by atoms with van der Waals surface area (Å²) in [5.74, 6) is 1.20. The van der Waals surface area contributed by atoms with Gasteiger partial charge in [-0.25, -0.2) is 4.98 Å². The first kappa shape index (κ1) is 13.5. The van der Waals surface area contributed by atoms with E-state index in [9.17, 15) is 0 Å². The zero-order chi connectivity index (χ0) is 15.9. The Labute approximate surface area is 140 Å². The summed E-state index contributed by atoms with van der Waals surface area (Å²) in [6.07, 6.45) is 5.89. The van der Waals surface area contributed by atoms with Crippen molar-refractivity contribution in [1.82, 2.24) is 14.5 Å². The quantitative estimate of drug-likeness (QED) is 0.540. The molecule has 24 heavy (non-hydrogen) atoms. The maximum absolute atomic E-state index is 4.85. The lowest BCUT2D eigenvalue weighted by molar-refractivity contribution is 0.637. The Morgan fingerprint density at radius 3 is 2.67 bits per heavy atom. The van der Waals surface area contributed by atoms with E-state index in [1.165, 1.54) is 22.5 Å². The fourth-order valence-electron chi connectivity index (χ4n) is 3.77. The number of rotatable bonds is 2. The predicted molar refractivity (Wildman–Crippen MR) is 95.9 cm³/mol. The second-order valence-corrected chi connectivity index (χ2v) is 6.31. The number of nitrogens with zero attached hydrogens (tertiary/aromatic N) is 3. The maximum atomic E-state index is 4.85. The molecule has 1 aliphatic rings. The molecule has 3 heterocycles. The van der Waals surface area contributed by atoms with E-state index in [0.29, 0.717) is 6.04 Å². The largest absolute Gasteiger partial charge is 0.320 e. The molecule has 0 aliphatic carbocycles. The van der Waals surface area contributed by atoms with Crippen LogP contribution in [0.15, 0.2) is 73.1 Å². The van der Waals surface area contributed by atoms with Gasteiger partial charge in [-0.15, -0.1) is 0 Å². The van der Waals surface area contributed by atoms with Gasteiger partial charge in [0.15, 0.2) is 0 Å². The summed E-state index contributed by atoms with van der Waals surface area (Å²) < 4.78 is 2.42. The number of hydrogen-bond donors (Lipinski definition) is 0. The van der Waals surface area contributed by atoms with Crippen LogP contribution in [-0.4, -0.2) is 14.5 Å². The molecule has 2 aromatic heterocycles. The molecule has 3 heteroatoms. The Morgan fingerprint density at radius 1 is 0.917 bits per heavy atom. The summed E-state index contributed by atoms with van der Waals surface area (Å²) in [6, 6.07) is 21.7. The molecule has 4 aromatic rings. The molecule has 0 fully saturated rings. The third-order valence-corrected chi connectivity index (χ3v) is 4.89. The molecule has 0 radical (unpaired) electrons. The second kappa shape index (κ2) is 5.31. The van der Waals surface area contributed by atoms with Crippen molar-refractivity contribution in [2.75, 3.05) is 0 Å². The van der Waals surface area contributed by atoms with Crippen LogP contribution >= 0.6 is 0 Å². The molecule has 0 saturated heterocycles. The van der Waals surface area contributed by atoms with E-state index in [4.69, 9.17) is 4.98 Å². The molecule has 0 bridgehead atoms. The molecule has 1 aliphatic heterocycles. The average molecular weight is 311 g/mol. The zero-order valence-electron chi connectivity index (χ0n) is 13.3. The topological polar surface area (TPSA) is 30.7 Å². The van der Waals surface area contributed by atoms with E-state index >= 15 is 0 Å². The minimum Gasteiger partial charge on any atom is -0.320 e. The minimum atomic E-state index is 0.385. The number of benzene rings is 2. The molecule has 3 nitrogen and oxygen atoms in total. The fraction of sp³-hybridized carbons (Fsp3) is 0.143. The number of fused-ring (bicyclic) bond motifs is 3. The van der Waals surface area contributed by atoms with E-state index < -0.39 is 0 Å². The lowest BCUT2D eigenvalue weighted by Gasteiger charge is -2.15. The molecule has 0 N–H and O–H groups in total. The molecule has 0 amide bonds. The van der Waals surface area contributed by atoms with Crippen molar-refractivity contribution >= 4 is 11.0 Å². The van der Waals surface area contributed by atoms with Gasteiger partial charge in [0.2, 0.25) is 0 Å². The van der Waals surface area contributed by atoms with Gasteiger partial charge in [-0.3, -0.25) is 4.98 Å². The highest BCUT2D eigenvalue weighted by Gasteiger charge is 2.26. The van der Waals surface area contributed by atoms with Gasteiger partial charge in [-0.05, 0) is 35.7 Å². The summed E-state index contributed by atoms with van der Waals surface area (Å²) in [5, 5.41) is 0. The molecule has 0 saturated carbocycles. The number of aromatic nitrogens is 3. The van der Waals surface area contributed by atoms with Crippen LogP contribution in [0.25, 0.3) is 22.2 Å². The lowest BCUT2D eigenvalue weighted by atomic mass is 10.0. The summed E-state index contributed by atoms with van der Waals surface area (Å²) >= 11 is 0. The van der Waals surface area contributed by atoms with Crippen molar-refractivity contribution in [2.45, 2.75) is 18.9 Å². The van der Waals surface area contributed by atoms with Crippen molar-refractivity contribution in [2.24, 2.45) is 0 Å². The summed E-state index contributed by atoms with van der Waals surface area (Å²) in [7, 11) is 0. The molecule has 2 aromatic carbocycles. The highest BCUT2D eigenvalue weighted by Crippen LogP contribution is 2.36. The molecule has 1 atom stereocenters. The van der Waals surface area contributed by atoms with E-state index in [1.807, 2.05) is 18.5 Å². The predicted octanol–water partition coefficient (Wildman–Crippen LogP) is 4.63. The summed E-state index contributed by atoms with van der Waals surface area (Å²) in [4.78, 5) is 9.09. The zero-order valence-corrected chi connectivity index (χ0v) is 13.3. The van der Waals surface area contributed by atoms with Crippen LogP contribution in [0.4, 0.5) is 0 Å². The van der Waals surface area contributed by atoms with Crippen molar-refractivity contribution in [3.63, 3.8) is 0 Å². The van der Waals surface area contributed by atoms with Crippen LogP contribution in [0, 0.1) is 0 Å². The maximum Gasteiger partial charge on any atom is 0.110 e. The fourth-order valence-corrected chi connectivity index (χ4v) is 3.77. The minimum absolute atomic E-state index is 0.385. The molecular formula is C21H17N3. The van der Waals surface area contributed by atoms with Gasteiger partial charge in [0.1, 0.15) is 5.82 Å². The normalized spacial score (nSPS) is 16.4. The number of pyridine rings is 1. The van der Waals surface area contributed by atoms with Crippen LogP contribution in [0.2, 0.25) is 0 Å². The van der Waals surface area contributed by atoms with Crippen LogP contribution in [0.1, 0.15) is 23.9 Å². The van der Waals surface area contributed by atoms with Crippen LogP contribution in [0.3, 0.4) is 0 Å². The van der Waals surface area contributed by atoms with E-state index in [0.717, 1.165) is 23.9 Å². The van der Waals surface area contributed by atoms with Gasteiger partial charge in [0.05, 0.1) is 17.1 Å². The van der Waals surface area contributed by atoms with E-state index in [-0.39, 0.29) is 0 Å². The van der Waals surface area contributed by atoms with Crippen molar-refractivity contribution in [3.8, 4) is 11.1 Å². The summed E-state index contributed by atoms with van der Waals surface area (Å²) in [6.45, 7) is 0. The Kier molecular flexibility index (Phi) is 2.98. The van der Waals surface area contributed by atoms with E-state index in [2.05, 4.69) is 64.1 Å². The molecule has 0 spiro atoms. The van der Waals surface area contributed by atoms with Crippen LogP contribution in [0.5, 0.6) is 0 Å². The highest BCUT2D eigenvalue weighted by molar-refractivity contribution is 5.83. The molecule has 1 unspecified atom stereocenters. The SMILES string of the molecule is c1ccc(C2CCc3nc4ccc(-c5cccnc5)cc4n32)cc1. The smallest absolute Gasteiger partial charge is 0.110 e. The molecule has 116 valence electrons. The van der Waals surface area contributed by atoms with Crippen molar-refractivity contribution < 1.29 is 0 Å². The van der Waals surface area contributed by atoms with Gasteiger partial charge in [-0.2, -0.15) is 0 Å². The van der Waals surface area contributed by atoms with E-state index in [1.54, 1.807) is 0 Å². The Hall–Kier alpha value is -2.94. The number of aryl methyl sites for hydroxylation is 1. The third-order valence-electron chi connectivity index (χ3n) is 4.89. The van der Waals surface area contributed by atoms with Gasteiger partial charge in [0, 0.05) is 24.4 Å². The Balaban J connectivity index is 1.69. The number of imidazole rings is 1.